The minimum absolute atomic E-state index is 0.0844. The Bertz CT molecular complexity index is 849. The fraction of sp³-hybridized carbons (Fsp3) is 0.316. The van der Waals surface area contributed by atoms with Gasteiger partial charge in [-0.25, -0.2) is 0 Å². The smallest absolute Gasteiger partial charge is 0.255 e. The molecular weight excluding hydrogens is 348 g/mol. The molecule has 4 rings (SSSR count). The van der Waals surface area contributed by atoms with Gasteiger partial charge < -0.3 is 24.6 Å². The zero-order chi connectivity index (χ0) is 18.6. The number of pyridine rings is 1. The number of ether oxygens (including phenoxy) is 2. The van der Waals surface area contributed by atoms with E-state index in [-0.39, 0.29) is 5.91 Å². The molecule has 1 N–H and O–H groups in total. The third-order valence-corrected chi connectivity index (χ3v) is 4.57. The summed E-state index contributed by atoms with van der Waals surface area (Å²) in [6.07, 6.45) is 4.04. The monoisotopic (exact) mass is 368 g/mol. The van der Waals surface area contributed by atoms with Crippen LogP contribution in [0.4, 0.5) is 11.4 Å². The molecule has 8 heteroatoms. The van der Waals surface area contributed by atoms with Gasteiger partial charge in [-0.3, -0.25) is 14.6 Å². The van der Waals surface area contributed by atoms with E-state index < -0.39 is 0 Å². The van der Waals surface area contributed by atoms with E-state index in [9.17, 15) is 9.59 Å². The lowest BCUT2D eigenvalue weighted by Crippen LogP contribution is -2.48. The number of carbonyl (C=O) groups excluding carboxylic acids is 2. The van der Waals surface area contributed by atoms with Crippen LogP contribution in [-0.2, 0) is 4.79 Å². The third kappa shape index (κ3) is 3.79. The van der Waals surface area contributed by atoms with Crippen molar-refractivity contribution >= 4 is 23.7 Å². The molecule has 0 aliphatic carbocycles. The third-order valence-electron chi connectivity index (χ3n) is 4.57. The maximum atomic E-state index is 12.7. The molecule has 1 saturated heterocycles. The van der Waals surface area contributed by atoms with Crippen LogP contribution in [0.2, 0.25) is 0 Å². The second-order valence-electron chi connectivity index (χ2n) is 6.38. The van der Waals surface area contributed by atoms with Crippen LogP contribution >= 0.6 is 0 Å². The van der Waals surface area contributed by atoms with Gasteiger partial charge in [0.05, 0.1) is 17.4 Å². The Morgan fingerprint density at radius 2 is 1.78 bits per heavy atom. The minimum atomic E-state index is -0.0844. The van der Waals surface area contributed by atoms with Crippen molar-refractivity contribution in [1.29, 1.82) is 0 Å². The molecular formula is C19H20N4O4. The maximum Gasteiger partial charge on any atom is 0.255 e. The van der Waals surface area contributed by atoms with Gasteiger partial charge in [-0.2, -0.15) is 0 Å². The van der Waals surface area contributed by atoms with Crippen molar-refractivity contribution < 1.29 is 19.1 Å². The number of hydrogen-bond acceptors (Lipinski definition) is 6. The van der Waals surface area contributed by atoms with Gasteiger partial charge >= 0.3 is 0 Å². The summed E-state index contributed by atoms with van der Waals surface area (Å²) in [6, 6.07) is 7.38. The largest absolute Gasteiger partial charge is 0.486 e. The summed E-state index contributed by atoms with van der Waals surface area (Å²) in [5.41, 5.74) is 2.05. The van der Waals surface area contributed by atoms with Crippen LogP contribution in [0.5, 0.6) is 11.5 Å². The summed E-state index contributed by atoms with van der Waals surface area (Å²) in [5, 5.41) is 3.25. The molecule has 0 radical (unpaired) electrons. The molecule has 0 atom stereocenters. The Labute approximate surface area is 156 Å². The molecule has 8 nitrogen and oxygen atoms in total. The Kier molecular flexibility index (Phi) is 4.78. The molecule has 0 unspecified atom stereocenters. The summed E-state index contributed by atoms with van der Waals surface area (Å²) in [5.74, 6) is 1.33. The van der Waals surface area contributed by atoms with Crippen LogP contribution < -0.4 is 14.8 Å². The number of carbonyl (C=O) groups is 2. The van der Waals surface area contributed by atoms with Crippen molar-refractivity contribution in [2.75, 3.05) is 44.7 Å². The number of amides is 2. The summed E-state index contributed by atoms with van der Waals surface area (Å²) >= 11 is 0. The predicted molar refractivity (Wildman–Crippen MR) is 98.5 cm³/mol. The van der Waals surface area contributed by atoms with Crippen LogP contribution in [-0.4, -0.2) is 66.5 Å². The molecule has 1 aromatic carbocycles. The van der Waals surface area contributed by atoms with Crippen LogP contribution in [0.3, 0.4) is 0 Å². The highest BCUT2D eigenvalue weighted by atomic mass is 16.6. The van der Waals surface area contributed by atoms with Crippen molar-refractivity contribution in [2.45, 2.75) is 0 Å². The fourth-order valence-corrected chi connectivity index (χ4v) is 3.13. The number of aromatic nitrogens is 1. The van der Waals surface area contributed by atoms with Crippen molar-refractivity contribution in [1.82, 2.24) is 14.8 Å². The van der Waals surface area contributed by atoms with E-state index in [2.05, 4.69) is 10.3 Å². The van der Waals surface area contributed by atoms with Crippen LogP contribution in [0, 0.1) is 0 Å². The number of rotatable bonds is 4. The van der Waals surface area contributed by atoms with E-state index in [4.69, 9.17) is 9.47 Å². The average Bonchev–Trinajstić information content (AvgIpc) is 2.73. The second-order valence-corrected chi connectivity index (χ2v) is 6.38. The van der Waals surface area contributed by atoms with Gasteiger partial charge in [-0.15, -0.1) is 0 Å². The van der Waals surface area contributed by atoms with Crippen molar-refractivity contribution in [3.05, 3.63) is 42.2 Å². The number of piperazine rings is 1. The fourth-order valence-electron chi connectivity index (χ4n) is 3.13. The SMILES string of the molecule is O=CN1CCN(C(=O)c2cncc(Nc3ccc4c(c3)OCCO4)c2)CC1. The van der Waals surface area contributed by atoms with Gasteiger partial charge in [0.2, 0.25) is 6.41 Å². The van der Waals surface area contributed by atoms with Crippen molar-refractivity contribution in [3.63, 3.8) is 0 Å². The number of anilines is 2. The normalized spacial score (nSPS) is 16.0. The van der Waals surface area contributed by atoms with E-state index in [1.54, 1.807) is 28.3 Å². The Morgan fingerprint density at radius 1 is 1.00 bits per heavy atom. The lowest BCUT2D eigenvalue weighted by atomic mass is 10.2. The summed E-state index contributed by atoms with van der Waals surface area (Å²) < 4.78 is 11.1. The molecule has 140 valence electrons. The van der Waals surface area contributed by atoms with Gasteiger partial charge in [0.1, 0.15) is 13.2 Å². The molecule has 27 heavy (non-hydrogen) atoms. The van der Waals surface area contributed by atoms with Gasteiger partial charge in [0.15, 0.2) is 11.5 Å². The van der Waals surface area contributed by atoms with Gasteiger partial charge in [0.25, 0.3) is 5.91 Å². The first-order chi connectivity index (χ1) is 13.2. The Hall–Kier alpha value is -3.29. The molecule has 0 bridgehead atoms. The molecule has 1 fully saturated rings. The van der Waals surface area contributed by atoms with E-state index in [1.165, 1.54) is 0 Å². The van der Waals surface area contributed by atoms with Crippen LogP contribution in [0.15, 0.2) is 36.7 Å². The summed E-state index contributed by atoms with van der Waals surface area (Å²) in [7, 11) is 0. The summed E-state index contributed by atoms with van der Waals surface area (Å²) in [4.78, 5) is 31.1. The molecule has 1 aromatic heterocycles. The van der Waals surface area contributed by atoms with Gasteiger partial charge in [-0.05, 0) is 18.2 Å². The van der Waals surface area contributed by atoms with Crippen molar-refractivity contribution in [2.24, 2.45) is 0 Å². The first-order valence-electron chi connectivity index (χ1n) is 8.83. The number of benzene rings is 1. The molecule has 2 aromatic rings. The molecule has 2 aliphatic heterocycles. The van der Waals surface area contributed by atoms with E-state index >= 15 is 0 Å². The summed E-state index contributed by atoms with van der Waals surface area (Å²) in [6.45, 7) is 3.23. The maximum absolute atomic E-state index is 12.7. The Morgan fingerprint density at radius 3 is 2.56 bits per heavy atom. The molecule has 2 amide bonds. The second kappa shape index (κ2) is 7.53. The highest BCUT2D eigenvalue weighted by Crippen LogP contribution is 2.33. The van der Waals surface area contributed by atoms with Crippen LogP contribution in [0.1, 0.15) is 10.4 Å². The number of hydrogen-bond donors (Lipinski definition) is 1. The topological polar surface area (TPSA) is 84.0 Å². The zero-order valence-electron chi connectivity index (χ0n) is 14.8. The Balaban J connectivity index is 1.46. The van der Waals surface area contributed by atoms with Crippen LogP contribution in [0.25, 0.3) is 0 Å². The van der Waals surface area contributed by atoms with Crippen molar-refractivity contribution in [3.8, 4) is 11.5 Å². The van der Waals surface area contributed by atoms with Gasteiger partial charge in [0, 0.05) is 44.1 Å². The molecule has 0 spiro atoms. The van der Waals surface area contributed by atoms with Gasteiger partial charge in [-0.1, -0.05) is 0 Å². The quantitative estimate of drug-likeness (QED) is 0.824. The number of fused-ring (bicyclic) bond motifs is 1. The lowest BCUT2D eigenvalue weighted by Gasteiger charge is -2.32. The lowest BCUT2D eigenvalue weighted by molar-refractivity contribution is -0.119. The molecule has 0 saturated carbocycles. The van der Waals surface area contributed by atoms with E-state index in [0.717, 1.165) is 17.8 Å². The predicted octanol–water partition coefficient (Wildman–Crippen LogP) is 1.51. The first-order valence-corrected chi connectivity index (χ1v) is 8.83. The first kappa shape index (κ1) is 17.1. The highest BCUT2D eigenvalue weighted by molar-refractivity contribution is 5.95. The number of nitrogens with one attached hydrogen (secondary N) is 1. The molecule has 3 heterocycles. The van der Waals surface area contributed by atoms with E-state index in [0.29, 0.717) is 56.4 Å². The molecule has 2 aliphatic rings. The van der Waals surface area contributed by atoms with E-state index in [1.807, 2.05) is 18.2 Å². The average molecular weight is 368 g/mol. The minimum Gasteiger partial charge on any atom is -0.486 e. The standard InChI is InChI=1S/C19H20N4O4/c24-13-22-3-5-23(6-4-22)19(25)14-9-16(12-20-11-14)21-15-1-2-17-18(10-15)27-8-7-26-17/h1-2,9-13,21H,3-8H2. The highest BCUT2D eigenvalue weighted by Gasteiger charge is 2.21. The number of nitrogens with zero attached hydrogens (tertiary/aromatic N) is 3. The zero-order valence-corrected chi connectivity index (χ0v) is 14.8.